The largest absolute Gasteiger partial charge is 0.465 e. The second-order valence-corrected chi connectivity index (χ2v) is 7.08. The van der Waals surface area contributed by atoms with E-state index in [1.54, 1.807) is 0 Å². The highest BCUT2D eigenvalue weighted by Crippen LogP contribution is 2.28. The molecule has 0 radical (unpaired) electrons. The third-order valence-electron chi connectivity index (χ3n) is 4.28. The number of aromatic nitrogens is 2. The van der Waals surface area contributed by atoms with Gasteiger partial charge in [-0.15, -0.1) is 10.2 Å². The van der Waals surface area contributed by atoms with Crippen molar-refractivity contribution >= 4 is 33.9 Å². The number of hydrogen-bond donors (Lipinski definition) is 0. The summed E-state index contributed by atoms with van der Waals surface area (Å²) in [5.74, 6) is 0.641. The number of ether oxygens (including phenoxy) is 1. The summed E-state index contributed by atoms with van der Waals surface area (Å²) in [6.07, 6.45) is 2.01. The molecule has 1 aromatic carbocycles. The monoisotopic (exact) mass is 419 g/mol. The van der Waals surface area contributed by atoms with Crippen LogP contribution in [0, 0.1) is 10.2 Å². The molecule has 3 aromatic heterocycles. The maximum Gasteiger partial charge on any atom is 0.369 e. The molecule has 4 rings (SSSR count). The summed E-state index contributed by atoms with van der Waals surface area (Å²) >= 11 is 0. The molecule has 0 amide bonds. The Morgan fingerprint density at radius 3 is 2.31 bits per heavy atom. The Morgan fingerprint density at radius 2 is 1.69 bits per heavy atom. The van der Waals surface area contributed by atoms with Crippen LogP contribution in [0.25, 0.3) is 21.9 Å². The zero-order chi connectivity index (χ0) is 21.3. The van der Waals surface area contributed by atoms with Crippen molar-refractivity contribution in [3.63, 3.8) is 0 Å². The van der Waals surface area contributed by atoms with E-state index in [1.807, 2.05) is 67.7 Å². The van der Waals surface area contributed by atoms with E-state index in [4.69, 9.17) is 23.4 Å². The predicted octanol–water partition coefficient (Wildman–Crippen LogP) is -2.07. The summed E-state index contributed by atoms with van der Waals surface area (Å²) in [5.41, 5.74) is 3.43. The van der Waals surface area contributed by atoms with E-state index in [-0.39, 0.29) is 5.97 Å². The lowest BCUT2D eigenvalue weighted by molar-refractivity contribution is -2.00. The van der Waals surface area contributed by atoms with E-state index in [0.29, 0.717) is 5.56 Å². The fraction of sp³-hybridized carbons (Fsp3) is 0.158. The first-order valence-corrected chi connectivity index (χ1v) is 9.61. The molecule has 0 atom stereocenters. The zero-order valence-corrected chi connectivity index (χ0v) is 16.6. The number of hydrogen-bond acceptors (Lipinski definition) is 7. The number of fused-ring (bicyclic) bond motifs is 5. The van der Waals surface area contributed by atoms with Gasteiger partial charge in [-0.05, 0) is 24.3 Å². The molecule has 0 aliphatic carbocycles. The Hall–Kier alpha value is -2.95. The SMILES string of the molecule is COC(=O)c1cc2ccccc2n2c(N(C)C)[n+]3ccccc3c12.[O-][Cl+3]([O-])([O-])[O-]. The van der Waals surface area contributed by atoms with Crippen LogP contribution in [0.2, 0.25) is 0 Å². The number of imidazole rings is 1. The number of anilines is 1. The number of benzene rings is 1. The minimum absolute atomic E-state index is 0.333. The molecule has 152 valence electrons. The second kappa shape index (κ2) is 7.82. The highest BCUT2D eigenvalue weighted by molar-refractivity contribution is 6.06. The van der Waals surface area contributed by atoms with Crippen LogP contribution in [0.4, 0.5) is 5.95 Å². The van der Waals surface area contributed by atoms with E-state index >= 15 is 0 Å². The van der Waals surface area contributed by atoms with E-state index < -0.39 is 10.2 Å². The Kier molecular flexibility index (Phi) is 5.60. The molecule has 0 aliphatic rings. The topological polar surface area (TPSA) is 130 Å². The standard InChI is InChI=1S/C19H18N3O2.ClHO4/c1-20(2)19-21-11-7-6-10-16(21)17-14(18(23)24-3)12-13-8-4-5-9-15(13)22(17)19;2-1(3,4)5/h4-12H,1-3H3;(H,2,3,4,5)/q+1;/p-1. The summed E-state index contributed by atoms with van der Waals surface area (Å²) in [4.78, 5) is 14.5. The average Bonchev–Trinajstić information content (AvgIpc) is 3.01. The number of methoxy groups -OCH3 is 1. The van der Waals surface area contributed by atoms with E-state index in [9.17, 15) is 4.79 Å². The van der Waals surface area contributed by atoms with Gasteiger partial charge in [-0.2, -0.15) is 4.40 Å². The number of nitrogens with zero attached hydrogens (tertiary/aromatic N) is 3. The molecule has 0 saturated carbocycles. The lowest BCUT2D eigenvalue weighted by Crippen LogP contribution is -2.68. The van der Waals surface area contributed by atoms with E-state index in [1.165, 1.54) is 7.11 Å². The molecule has 4 aromatic rings. The molecule has 0 saturated heterocycles. The van der Waals surface area contributed by atoms with Crippen molar-refractivity contribution in [3.8, 4) is 0 Å². The second-order valence-electron chi connectivity index (χ2n) is 6.32. The molecule has 0 fully saturated rings. The van der Waals surface area contributed by atoms with Gasteiger partial charge in [0.2, 0.25) is 0 Å². The minimum atomic E-state index is -4.94. The predicted molar refractivity (Wildman–Crippen MR) is 93.7 cm³/mol. The van der Waals surface area contributed by atoms with Gasteiger partial charge in [0.05, 0.1) is 27.4 Å². The van der Waals surface area contributed by atoms with Gasteiger partial charge in [0.15, 0.2) is 5.52 Å². The number of halogens is 1. The van der Waals surface area contributed by atoms with Gasteiger partial charge in [0.1, 0.15) is 16.6 Å². The zero-order valence-electron chi connectivity index (χ0n) is 15.9. The Morgan fingerprint density at radius 1 is 1.07 bits per heavy atom. The molecule has 9 nitrogen and oxygen atoms in total. The fourth-order valence-electron chi connectivity index (χ4n) is 3.34. The lowest BCUT2D eigenvalue weighted by atomic mass is 10.1. The van der Waals surface area contributed by atoms with Crippen LogP contribution in [0.3, 0.4) is 0 Å². The van der Waals surface area contributed by atoms with Gasteiger partial charge < -0.3 is 4.74 Å². The molecule has 10 heteroatoms. The van der Waals surface area contributed by atoms with Crippen LogP contribution in [-0.4, -0.2) is 31.6 Å². The number of para-hydroxylation sites is 1. The molecule has 0 unspecified atom stereocenters. The first kappa shape index (κ1) is 20.8. The molecule has 0 spiro atoms. The first-order chi connectivity index (χ1) is 13.6. The van der Waals surface area contributed by atoms with Gasteiger partial charge in [-0.3, -0.25) is 4.90 Å². The van der Waals surface area contributed by atoms with Gasteiger partial charge in [-0.1, -0.05) is 24.3 Å². The van der Waals surface area contributed by atoms with Crippen LogP contribution in [-0.2, 0) is 4.74 Å². The van der Waals surface area contributed by atoms with Crippen LogP contribution in [0.1, 0.15) is 10.4 Å². The number of carbonyl (C=O) groups excluding carboxylic acids is 1. The quantitative estimate of drug-likeness (QED) is 0.269. The van der Waals surface area contributed by atoms with Crippen molar-refractivity contribution in [3.05, 3.63) is 60.3 Å². The van der Waals surface area contributed by atoms with Crippen LogP contribution in [0.15, 0.2) is 54.7 Å². The maximum absolute atomic E-state index is 12.4. The molecule has 29 heavy (non-hydrogen) atoms. The molecular formula is C19H18ClN3O6. The van der Waals surface area contributed by atoms with Gasteiger partial charge >= 0.3 is 11.9 Å². The highest BCUT2D eigenvalue weighted by Gasteiger charge is 2.27. The summed E-state index contributed by atoms with van der Waals surface area (Å²) < 4.78 is 43.2. The number of carbonyl (C=O) groups is 1. The third kappa shape index (κ3) is 4.09. The minimum Gasteiger partial charge on any atom is -0.465 e. The maximum atomic E-state index is 12.4. The number of esters is 1. The molecule has 3 heterocycles. The number of pyridine rings is 2. The normalized spacial score (nSPS) is 11.4. The molecular weight excluding hydrogens is 402 g/mol. The summed E-state index contributed by atoms with van der Waals surface area (Å²) in [7, 11) is 0.473. The van der Waals surface area contributed by atoms with Crippen molar-refractivity contribution in [1.29, 1.82) is 0 Å². The van der Waals surface area contributed by atoms with Gasteiger partial charge in [-0.25, -0.2) is 27.8 Å². The van der Waals surface area contributed by atoms with Gasteiger partial charge in [0, 0.05) is 5.39 Å². The molecule has 0 aliphatic heterocycles. The van der Waals surface area contributed by atoms with Crippen LogP contribution >= 0.6 is 0 Å². The molecule has 0 N–H and O–H groups in total. The summed E-state index contributed by atoms with van der Waals surface area (Å²) in [6, 6.07) is 15.9. The van der Waals surface area contributed by atoms with Crippen molar-refractivity contribution in [2.75, 3.05) is 26.1 Å². The Labute approximate surface area is 167 Å². The van der Waals surface area contributed by atoms with Crippen LogP contribution < -0.4 is 27.9 Å². The Bertz CT molecular complexity index is 1190. The fourth-order valence-corrected chi connectivity index (χ4v) is 3.34. The number of rotatable bonds is 2. The summed E-state index contributed by atoms with van der Waals surface area (Å²) in [6.45, 7) is 0. The average molecular weight is 420 g/mol. The van der Waals surface area contributed by atoms with Gasteiger partial charge in [0.25, 0.3) is 0 Å². The lowest BCUT2D eigenvalue weighted by Gasteiger charge is -2.17. The van der Waals surface area contributed by atoms with E-state index in [0.717, 1.165) is 27.9 Å². The molecule has 0 bridgehead atoms. The summed E-state index contributed by atoms with van der Waals surface area (Å²) in [5, 5.41) is 0.995. The first-order valence-electron chi connectivity index (χ1n) is 8.37. The van der Waals surface area contributed by atoms with Crippen molar-refractivity contribution in [2.24, 2.45) is 0 Å². The highest BCUT2D eigenvalue weighted by atomic mass is 35.7. The van der Waals surface area contributed by atoms with Crippen molar-refractivity contribution in [2.45, 2.75) is 0 Å². The third-order valence-corrected chi connectivity index (χ3v) is 4.28. The Balaban J connectivity index is 0.000000431. The van der Waals surface area contributed by atoms with E-state index in [2.05, 4.69) is 14.9 Å². The van der Waals surface area contributed by atoms with Crippen molar-refractivity contribution < 1.29 is 42.8 Å². The van der Waals surface area contributed by atoms with Crippen LogP contribution in [0.5, 0.6) is 0 Å². The van der Waals surface area contributed by atoms with Crippen molar-refractivity contribution in [1.82, 2.24) is 4.40 Å². The smallest absolute Gasteiger partial charge is 0.369 e.